The summed E-state index contributed by atoms with van der Waals surface area (Å²) in [6.07, 6.45) is 3.07. The molecule has 0 saturated heterocycles. The molecule has 0 saturated carbocycles. The molecule has 0 bridgehead atoms. The lowest BCUT2D eigenvalue weighted by atomic mass is 9.98. The zero-order valence-electron chi connectivity index (χ0n) is 21.1. The first-order chi connectivity index (χ1) is 18.6. The van der Waals surface area contributed by atoms with Crippen molar-refractivity contribution in [1.82, 2.24) is 9.78 Å². The summed E-state index contributed by atoms with van der Waals surface area (Å²) >= 11 is 0. The van der Waals surface area contributed by atoms with Crippen molar-refractivity contribution in [2.24, 2.45) is 0 Å². The smallest absolute Gasteiger partial charge is 0.277 e. The topological polar surface area (TPSA) is 100 Å². The number of aromatic nitrogens is 2. The monoisotopic (exact) mass is 505 g/mol. The fourth-order valence-corrected chi connectivity index (χ4v) is 4.68. The number of anilines is 2. The molecule has 1 aliphatic heterocycles. The summed E-state index contributed by atoms with van der Waals surface area (Å²) in [6.45, 7) is 1.61. The first-order valence-electron chi connectivity index (χ1n) is 12.4. The number of carbonyl (C=O) groups is 2. The van der Waals surface area contributed by atoms with Gasteiger partial charge in [0.2, 0.25) is 0 Å². The van der Waals surface area contributed by atoms with E-state index < -0.39 is 5.91 Å². The number of nitrogens with zero attached hydrogens (tertiary/aromatic N) is 4. The van der Waals surface area contributed by atoms with Gasteiger partial charge in [-0.2, -0.15) is 10.4 Å². The number of amides is 2. The maximum absolute atomic E-state index is 13.5. The van der Waals surface area contributed by atoms with Crippen LogP contribution in [-0.4, -0.2) is 41.9 Å². The van der Waals surface area contributed by atoms with Crippen molar-refractivity contribution in [2.45, 2.75) is 19.4 Å². The molecule has 8 nitrogen and oxygen atoms in total. The molecule has 0 atom stereocenters. The highest BCUT2D eigenvalue weighted by Crippen LogP contribution is 2.25. The molecule has 1 aliphatic rings. The van der Waals surface area contributed by atoms with Gasteiger partial charge in [0.05, 0.1) is 36.5 Å². The molecule has 190 valence electrons. The van der Waals surface area contributed by atoms with Crippen molar-refractivity contribution < 1.29 is 14.3 Å². The summed E-state index contributed by atoms with van der Waals surface area (Å²) in [5.41, 5.74) is 5.80. The highest BCUT2D eigenvalue weighted by molar-refractivity contribution is 6.15. The second kappa shape index (κ2) is 11.1. The summed E-state index contributed by atoms with van der Waals surface area (Å²) < 4.78 is 6.82. The molecule has 1 N–H and O–H groups in total. The van der Waals surface area contributed by atoms with Crippen LogP contribution in [0.25, 0.3) is 0 Å². The Labute approximate surface area is 221 Å². The van der Waals surface area contributed by atoms with Crippen LogP contribution in [0.2, 0.25) is 0 Å². The van der Waals surface area contributed by atoms with Crippen LogP contribution in [0, 0.1) is 11.3 Å². The number of rotatable bonds is 8. The van der Waals surface area contributed by atoms with E-state index in [1.165, 1.54) is 17.3 Å². The molecule has 1 aromatic heterocycles. The molecule has 0 fully saturated rings. The molecule has 0 spiro atoms. The van der Waals surface area contributed by atoms with Crippen LogP contribution in [0.1, 0.15) is 43.1 Å². The summed E-state index contributed by atoms with van der Waals surface area (Å²) in [6, 6.07) is 25.0. The lowest BCUT2D eigenvalue weighted by molar-refractivity contribution is 0.0947. The second-order valence-corrected chi connectivity index (χ2v) is 9.09. The van der Waals surface area contributed by atoms with E-state index in [1.54, 1.807) is 41.0 Å². The molecule has 2 amide bonds. The van der Waals surface area contributed by atoms with E-state index in [9.17, 15) is 9.59 Å². The van der Waals surface area contributed by atoms with Crippen LogP contribution in [0.5, 0.6) is 0 Å². The van der Waals surface area contributed by atoms with Gasteiger partial charge in [0.1, 0.15) is 5.69 Å². The molecule has 0 unspecified atom stereocenters. The van der Waals surface area contributed by atoms with Gasteiger partial charge >= 0.3 is 0 Å². The van der Waals surface area contributed by atoms with E-state index in [-0.39, 0.29) is 17.2 Å². The van der Waals surface area contributed by atoms with Crippen LogP contribution in [0.3, 0.4) is 0 Å². The number of nitriles is 1. The number of carbonyl (C=O) groups excluding carboxylic acids is 2. The summed E-state index contributed by atoms with van der Waals surface area (Å²) in [4.78, 5) is 28.2. The van der Waals surface area contributed by atoms with Gasteiger partial charge in [-0.05, 0) is 59.9 Å². The fraction of sp³-hybridized carbons (Fsp3) is 0.200. The van der Waals surface area contributed by atoms with E-state index >= 15 is 0 Å². The summed E-state index contributed by atoms with van der Waals surface area (Å²) in [5, 5.41) is 16.2. The lowest BCUT2D eigenvalue weighted by Gasteiger charge is -2.28. The molecule has 5 rings (SSSR count). The quantitative estimate of drug-likeness (QED) is 0.381. The predicted octanol–water partition coefficient (Wildman–Crippen LogP) is 4.45. The molecule has 0 aliphatic carbocycles. The predicted molar refractivity (Wildman–Crippen MR) is 144 cm³/mol. The van der Waals surface area contributed by atoms with Crippen LogP contribution in [0.4, 0.5) is 11.4 Å². The highest BCUT2D eigenvalue weighted by atomic mass is 16.5. The molecular formula is C30H27N5O3. The third-order valence-corrected chi connectivity index (χ3v) is 6.65. The molecule has 8 heteroatoms. The van der Waals surface area contributed by atoms with Gasteiger partial charge in [-0.25, -0.2) is 0 Å². The zero-order valence-corrected chi connectivity index (χ0v) is 21.1. The number of fused-ring (bicyclic) bond motifs is 1. The Morgan fingerprint density at radius 2 is 1.84 bits per heavy atom. The maximum Gasteiger partial charge on any atom is 0.277 e. The Morgan fingerprint density at radius 1 is 1.05 bits per heavy atom. The summed E-state index contributed by atoms with van der Waals surface area (Å²) in [7, 11) is 1.71. The van der Waals surface area contributed by atoms with Crippen molar-refractivity contribution in [3.8, 4) is 6.07 Å². The average molecular weight is 506 g/mol. The van der Waals surface area contributed by atoms with Gasteiger partial charge in [-0.3, -0.25) is 14.3 Å². The molecular weight excluding hydrogens is 478 g/mol. The largest absolute Gasteiger partial charge is 0.384 e. The van der Waals surface area contributed by atoms with Crippen molar-refractivity contribution in [1.29, 1.82) is 5.26 Å². The lowest BCUT2D eigenvalue weighted by Crippen LogP contribution is -2.41. The second-order valence-electron chi connectivity index (χ2n) is 9.09. The highest BCUT2D eigenvalue weighted by Gasteiger charge is 2.32. The van der Waals surface area contributed by atoms with Gasteiger partial charge in [0.15, 0.2) is 0 Å². The Morgan fingerprint density at radius 3 is 2.61 bits per heavy atom. The molecule has 38 heavy (non-hydrogen) atoms. The van der Waals surface area contributed by atoms with E-state index in [1.807, 2.05) is 36.4 Å². The van der Waals surface area contributed by atoms with Crippen LogP contribution in [-0.2, 0) is 24.1 Å². The first-order valence-corrected chi connectivity index (χ1v) is 12.4. The number of nitrogens with one attached hydrogen (secondary N) is 1. The van der Waals surface area contributed by atoms with E-state index in [2.05, 4.69) is 28.6 Å². The number of hydrogen-bond donors (Lipinski definition) is 1. The normalized spacial score (nSPS) is 12.6. The molecule has 3 aromatic carbocycles. The van der Waals surface area contributed by atoms with Crippen molar-refractivity contribution in [2.75, 3.05) is 30.5 Å². The third kappa shape index (κ3) is 5.19. The van der Waals surface area contributed by atoms with Crippen molar-refractivity contribution in [3.05, 3.63) is 113 Å². The standard InChI is InChI=1S/C30H27N5O3/c1-38-16-13-23-6-2-3-7-24(23)17-21-9-11-26(12-10-21)34-14-15-35-28(30(34)37)27(20-32-35)29(36)33-25-8-4-5-22(18-25)19-31/h2-12,18,20H,13-17H2,1H3,(H,33,36). The van der Waals surface area contributed by atoms with Crippen molar-refractivity contribution >= 4 is 23.2 Å². The minimum absolute atomic E-state index is 0.200. The van der Waals surface area contributed by atoms with E-state index in [0.717, 1.165) is 24.1 Å². The first kappa shape index (κ1) is 24.9. The number of hydrogen-bond acceptors (Lipinski definition) is 5. The van der Waals surface area contributed by atoms with Crippen molar-refractivity contribution in [3.63, 3.8) is 0 Å². The van der Waals surface area contributed by atoms with Gasteiger partial charge in [0, 0.05) is 25.0 Å². The Hall–Kier alpha value is -4.74. The molecule has 4 aromatic rings. The van der Waals surface area contributed by atoms with E-state index in [4.69, 9.17) is 10.00 Å². The summed E-state index contributed by atoms with van der Waals surface area (Å²) in [5.74, 6) is -0.721. The van der Waals surface area contributed by atoms with Gasteiger partial charge < -0.3 is 15.0 Å². The maximum atomic E-state index is 13.5. The number of methoxy groups -OCH3 is 1. The van der Waals surface area contributed by atoms with E-state index in [0.29, 0.717) is 30.9 Å². The number of benzene rings is 3. The van der Waals surface area contributed by atoms with Gasteiger partial charge in [0.25, 0.3) is 11.8 Å². The van der Waals surface area contributed by atoms with Crippen LogP contribution in [0.15, 0.2) is 79.0 Å². The minimum atomic E-state index is -0.445. The molecule has 2 heterocycles. The van der Waals surface area contributed by atoms with Crippen LogP contribution >= 0.6 is 0 Å². The Kier molecular flexibility index (Phi) is 7.29. The third-order valence-electron chi connectivity index (χ3n) is 6.65. The van der Waals surface area contributed by atoms with Crippen LogP contribution < -0.4 is 10.2 Å². The molecule has 0 radical (unpaired) electrons. The average Bonchev–Trinajstić information content (AvgIpc) is 3.39. The number of ether oxygens (including phenoxy) is 1. The van der Waals surface area contributed by atoms with Gasteiger partial charge in [-0.15, -0.1) is 0 Å². The fourth-order valence-electron chi connectivity index (χ4n) is 4.68. The Bertz CT molecular complexity index is 1520. The zero-order chi connectivity index (χ0) is 26.5. The minimum Gasteiger partial charge on any atom is -0.384 e. The SMILES string of the molecule is COCCc1ccccc1Cc1ccc(N2CCn3ncc(C(=O)Nc4cccc(C#N)c4)c3C2=O)cc1. The van der Waals surface area contributed by atoms with Gasteiger partial charge in [-0.1, -0.05) is 42.5 Å². The Balaban J connectivity index is 1.32.